The molecule has 0 spiro atoms. The maximum atomic E-state index is 9.79. The molecule has 10 heavy (non-hydrogen) atoms. The number of nitrogens with zero attached hydrogens (tertiary/aromatic N) is 1. The molecule has 54 valence electrons. The first kappa shape index (κ1) is 8.86. The first-order chi connectivity index (χ1) is 4.85. The zero-order valence-corrected chi connectivity index (χ0v) is 5.19. The van der Waals surface area contributed by atoms with Gasteiger partial charge in [0, 0.05) is 6.20 Å². The van der Waals surface area contributed by atoms with Crippen LogP contribution in [0.3, 0.4) is 0 Å². The smallest absolute Gasteiger partial charge is 0.430 e. The van der Waals surface area contributed by atoms with E-state index in [1.807, 2.05) is 0 Å². The van der Waals surface area contributed by atoms with Gasteiger partial charge < -0.3 is 10.0 Å². The number of nitrogens with one attached hydrogen (secondary N) is 1. The fourth-order valence-electron chi connectivity index (χ4n) is 0.337. The van der Waals surface area contributed by atoms with Crippen molar-refractivity contribution >= 4 is 14.0 Å². The molecule has 1 rings (SSSR count). The van der Waals surface area contributed by atoms with Gasteiger partial charge in [-0.15, -0.1) is 0 Å². The van der Waals surface area contributed by atoms with E-state index in [2.05, 4.69) is 10.2 Å². The third-order valence-electron chi connectivity index (χ3n) is 0.643. The molecule has 0 saturated carbocycles. The second kappa shape index (κ2) is 5.99. The number of H-pyrrole nitrogens is 1. The molecule has 0 aromatic carbocycles. The molecule has 0 saturated heterocycles. The van der Waals surface area contributed by atoms with E-state index in [1.54, 1.807) is 12.3 Å². The standard InChI is InChI=1S/C4H4N2O.BH3O2/c7-3-4-1-2-5-6-4;2-1-3/h1-3H,(H,5,6);1-3H. The third kappa shape index (κ3) is 3.82. The fraction of sp³-hybridized carbons (Fsp3) is 0. The van der Waals surface area contributed by atoms with Crippen molar-refractivity contribution in [3.63, 3.8) is 0 Å². The van der Waals surface area contributed by atoms with Gasteiger partial charge in [-0.25, -0.2) is 0 Å². The van der Waals surface area contributed by atoms with Crippen molar-refractivity contribution < 1.29 is 14.8 Å². The summed E-state index contributed by atoms with van der Waals surface area (Å²) >= 11 is 0. The van der Waals surface area contributed by atoms with E-state index in [1.165, 1.54) is 0 Å². The monoisotopic (exact) mass is 142 g/mol. The molecular weight excluding hydrogens is 135 g/mol. The molecule has 3 N–H and O–H groups in total. The van der Waals surface area contributed by atoms with Crippen molar-refractivity contribution in [1.29, 1.82) is 0 Å². The minimum atomic E-state index is -0.750. The zero-order chi connectivity index (χ0) is 7.82. The Balaban J connectivity index is 0.000000236. The van der Waals surface area contributed by atoms with E-state index in [9.17, 15) is 4.79 Å². The Kier molecular flexibility index (Phi) is 5.31. The van der Waals surface area contributed by atoms with Crippen LogP contribution in [0.1, 0.15) is 10.5 Å². The summed E-state index contributed by atoms with van der Waals surface area (Å²) in [4.78, 5) is 9.79. The van der Waals surface area contributed by atoms with Gasteiger partial charge >= 0.3 is 7.69 Å². The van der Waals surface area contributed by atoms with Crippen LogP contribution in [0.25, 0.3) is 0 Å². The van der Waals surface area contributed by atoms with Gasteiger partial charge in [-0.05, 0) is 6.07 Å². The number of aromatic amines is 1. The lowest BCUT2D eigenvalue weighted by atomic mass is 10.5. The molecule has 0 aliphatic heterocycles. The molecule has 0 aliphatic rings. The third-order valence-corrected chi connectivity index (χ3v) is 0.643. The van der Waals surface area contributed by atoms with Gasteiger partial charge in [-0.3, -0.25) is 9.89 Å². The predicted molar refractivity (Wildman–Crippen MR) is 35.6 cm³/mol. The number of aromatic nitrogens is 2. The Morgan fingerprint density at radius 1 is 1.70 bits per heavy atom. The van der Waals surface area contributed by atoms with Crippen LogP contribution in [-0.4, -0.2) is 34.2 Å². The summed E-state index contributed by atoms with van der Waals surface area (Å²) < 4.78 is 0. The maximum absolute atomic E-state index is 9.79. The van der Waals surface area contributed by atoms with Crippen molar-refractivity contribution in [3.8, 4) is 0 Å². The van der Waals surface area contributed by atoms with Crippen molar-refractivity contribution in [2.75, 3.05) is 0 Å². The van der Waals surface area contributed by atoms with Gasteiger partial charge in [0.25, 0.3) is 0 Å². The van der Waals surface area contributed by atoms with Crippen LogP contribution in [0, 0.1) is 0 Å². The van der Waals surface area contributed by atoms with Crippen LogP contribution >= 0.6 is 0 Å². The molecule has 0 unspecified atom stereocenters. The van der Waals surface area contributed by atoms with Crippen molar-refractivity contribution in [3.05, 3.63) is 18.0 Å². The first-order valence-electron chi connectivity index (χ1n) is 2.51. The Hall–Kier alpha value is -1.14. The summed E-state index contributed by atoms with van der Waals surface area (Å²) in [6.07, 6.45) is 2.29. The van der Waals surface area contributed by atoms with E-state index in [-0.39, 0.29) is 0 Å². The van der Waals surface area contributed by atoms with Crippen LogP contribution in [0.15, 0.2) is 12.3 Å². The van der Waals surface area contributed by atoms with E-state index in [0.29, 0.717) is 12.0 Å². The number of hydrogen-bond donors (Lipinski definition) is 3. The zero-order valence-electron chi connectivity index (χ0n) is 5.19. The molecule has 0 radical (unpaired) electrons. The minimum Gasteiger partial charge on any atom is -0.430 e. The summed E-state index contributed by atoms with van der Waals surface area (Å²) in [5.74, 6) is 0. The van der Waals surface area contributed by atoms with E-state index in [4.69, 9.17) is 10.0 Å². The first-order valence-corrected chi connectivity index (χ1v) is 2.51. The normalized spacial score (nSPS) is 7.40. The SMILES string of the molecule is O=Cc1cc[nH]n1.OBO. The molecular formula is C4H7BN2O3. The summed E-state index contributed by atoms with van der Waals surface area (Å²) in [5, 5.41) is 20.3. The molecule has 0 atom stereocenters. The minimum absolute atomic E-state index is 0.444. The summed E-state index contributed by atoms with van der Waals surface area (Å²) in [6, 6.07) is 1.60. The highest BCUT2D eigenvalue weighted by atomic mass is 16.4. The molecule has 5 nitrogen and oxygen atoms in total. The molecule has 6 heteroatoms. The average Bonchev–Trinajstić information content (AvgIpc) is 2.39. The second-order valence-corrected chi connectivity index (χ2v) is 1.26. The largest absolute Gasteiger partial charge is 0.432 e. The number of carbonyl (C=O) groups is 1. The maximum Gasteiger partial charge on any atom is 0.432 e. The lowest BCUT2D eigenvalue weighted by Crippen LogP contribution is -1.75. The van der Waals surface area contributed by atoms with E-state index >= 15 is 0 Å². The van der Waals surface area contributed by atoms with Crippen molar-refractivity contribution in [2.24, 2.45) is 0 Å². The van der Waals surface area contributed by atoms with Crippen molar-refractivity contribution in [2.45, 2.75) is 0 Å². The fourth-order valence-corrected chi connectivity index (χ4v) is 0.337. The Morgan fingerprint density at radius 3 is 2.50 bits per heavy atom. The topological polar surface area (TPSA) is 86.2 Å². The highest BCUT2D eigenvalue weighted by Crippen LogP contribution is 1.81. The van der Waals surface area contributed by atoms with E-state index in [0.717, 1.165) is 0 Å². The van der Waals surface area contributed by atoms with Crippen LogP contribution in [0.5, 0.6) is 0 Å². The molecule has 0 aliphatic carbocycles. The quantitative estimate of drug-likeness (QED) is 0.327. The van der Waals surface area contributed by atoms with Crippen LogP contribution in [0.4, 0.5) is 0 Å². The summed E-state index contributed by atoms with van der Waals surface area (Å²) in [5.41, 5.74) is 0.444. The predicted octanol–water partition coefficient (Wildman–Crippen LogP) is -1.54. The lowest BCUT2D eigenvalue weighted by Gasteiger charge is -1.65. The van der Waals surface area contributed by atoms with Gasteiger partial charge in [0.2, 0.25) is 0 Å². The number of aldehydes is 1. The molecule has 0 amide bonds. The van der Waals surface area contributed by atoms with Gasteiger partial charge in [0.15, 0.2) is 6.29 Å². The van der Waals surface area contributed by atoms with Gasteiger partial charge in [-0.2, -0.15) is 5.10 Å². The second-order valence-electron chi connectivity index (χ2n) is 1.26. The molecule has 0 bridgehead atoms. The van der Waals surface area contributed by atoms with Crippen LogP contribution in [0.2, 0.25) is 0 Å². The highest BCUT2D eigenvalue weighted by molar-refractivity contribution is 6.13. The van der Waals surface area contributed by atoms with Crippen molar-refractivity contribution in [1.82, 2.24) is 10.2 Å². The Labute approximate surface area is 58.0 Å². The molecule has 1 heterocycles. The van der Waals surface area contributed by atoms with E-state index < -0.39 is 7.69 Å². The Bertz CT molecular complexity index is 165. The lowest BCUT2D eigenvalue weighted by molar-refractivity contribution is 0.111. The summed E-state index contributed by atoms with van der Waals surface area (Å²) in [6.45, 7) is 0. The van der Waals surface area contributed by atoms with Crippen LogP contribution < -0.4 is 0 Å². The average molecular weight is 142 g/mol. The van der Waals surface area contributed by atoms with Gasteiger partial charge in [0.05, 0.1) is 0 Å². The molecule has 1 aromatic rings. The van der Waals surface area contributed by atoms with Crippen LogP contribution in [-0.2, 0) is 0 Å². The molecule has 0 fully saturated rings. The number of hydrogen-bond acceptors (Lipinski definition) is 4. The van der Waals surface area contributed by atoms with Gasteiger partial charge in [0.1, 0.15) is 5.69 Å². The van der Waals surface area contributed by atoms with Gasteiger partial charge in [-0.1, -0.05) is 0 Å². The number of carbonyl (C=O) groups excluding carboxylic acids is 1. The Morgan fingerprint density at radius 2 is 2.30 bits per heavy atom. The highest BCUT2D eigenvalue weighted by Gasteiger charge is 1.83. The molecule has 1 aromatic heterocycles. The summed E-state index contributed by atoms with van der Waals surface area (Å²) in [7, 11) is -0.750. The number of rotatable bonds is 1.